The average Bonchev–Trinajstić information content (AvgIpc) is 3.34. The molecule has 8 nitrogen and oxygen atoms in total. The molecule has 0 saturated heterocycles. The summed E-state index contributed by atoms with van der Waals surface area (Å²) in [5.74, 6) is -0.0314. The fourth-order valence-electron chi connectivity index (χ4n) is 3.82. The summed E-state index contributed by atoms with van der Waals surface area (Å²) in [5.41, 5.74) is 7.34. The van der Waals surface area contributed by atoms with Crippen LogP contribution in [0.15, 0.2) is 59.8 Å². The Hall–Kier alpha value is -3.37. The molecule has 1 amide bonds. The number of primary amides is 1. The number of nitrogens with zero attached hydrogens (tertiary/aromatic N) is 1. The number of carbonyl (C=O) groups is 1. The first kappa shape index (κ1) is 27.2. The van der Waals surface area contributed by atoms with Crippen LogP contribution in [-0.4, -0.2) is 39.1 Å². The molecule has 36 heavy (non-hydrogen) atoms. The number of halogens is 1. The van der Waals surface area contributed by atoms with Crippen molar-refractivity contribution in [1.29, 1.82) is 0 Å². The molecule has 1 heterocycles. The van der Waals surface area contributed by atoms with E-state index in [0.717, 1.165) is 30.4 Å². The van der Waals surface area contributed by atoms with Crippen LogP contribution in [-0.2, 0) is 39.0 Å². The second kappa shape index (κ2) is 12.5. The third kappa shape index (κ3) is 7.08. The number of methoxy groups -OCH3 is 2. The van der Waals surface area contributed by atoms with E-state index in [0.29, 0.717) is 29.9 Å². The van der Waals surface area contributed by atoms with E-state index in [-0.39, 0.29) is 23.9 Å². The standard InChI is InChI=1S/C26H31FN2O6S/c1-33-24-11-9-22(15-25(24)34-2)36(31,32)29-13-12-19(16-29)6-4-3-5-7-21-14-20(8-10-23(21)27)17-35-18-26(28)30/h8-16H,3-7,17-18H2,1-2H3,(H2,28,30). The van der Waals surface area contributed by atoms with Crippen LogP contribution in [0.1, 0.15) is 36.0 Å². The molecule has 10 heteroatoms. The number of ether oxygens (including phenoxy) is 3. The van der Waals surface area contributed by atoms with Gasteiger partial charge in [-0.05, 0) is 66.6 Å². The van der Waals surface area contributed by atoms with E-state index < -0.39 is 15.9 Å². The van der Waals surface area contributed by atoms with Crippen molar-refractivity contribution < 1.29 is 31.8 Å². The molecular weight excluding hydrogens is 487 g/mol. The van der Waals surface area contributed by atoms with Crippen LogP contribution >= 0.6 is 0 Å². The smallest absolute Gasteiger partial charge is 0.267 e. The maximum atomic E-state index is 14.1. The Morgan fingerprint density at radius 2 is 1.69 bits per heavy atom. The number of carbonyl (C=O) groups excluding carboxylic acids is 1. The Bertz CT molecular complexity index is 1290. The van der Waals surface area contributed by atoms with Crippen LogP contribution in [0.4, 0.5) is 4.39 Å². The van der Waals surface area contributed by atoms with Crippen molar-refractivity contribution in [3.05, 3.63) is 77.4 Å². The van der Waals surface area contributed by atoms with E-state index in [1.165, 1.54) is 42.6 Å². The molecule has 0 radical (unpaired) electrons. The SMILES string of the molecule is COc1ccc(S(=O)(=O)n2ccc(CCCCCc3cc(COCC(N)=O)ccc3F)c2)cc1OC. The number of amides is 1. The first-order valence-electron chi connectivity index (χ1n) is 11.5. The zero-order chi connectivity index (χ0) is 26.1. The third-order valence-electron chi connectivity index (χ3n) is 5.69. The van der Waals surface area contributed by atoms with Gasteiger partial charge in [0.25, 0.3) is 10.0 Å². The summed E-state index contributed by atoms with van der Waals surface area (Å²) in [5, 5.41) is 0. The lowest BCUT2D eigenvalue weighted by atomic mass is 10.0. The maximum absolute atomic E-state index is 14.1. The summed E-state index contributed by atoms with van der Waals surface area (Å²) in [6.07, 6.45) is 6.90. The van der Waals surface area contributed by atoms with E-state index in [1.807, 2.05) is 0 Å². The Labute approximate surface area is 210 Å². The predicted octanol–water partition coefficient (Wildman–Crippen LogP) is 3.84. The highest BCUT2D eigenvalue weighted by Gasteiger charge is 2.19. The number of aromatic nitrogens is 1. The first-order valence-corrected chi connectivity index (χ1v) is 13.0. The minimum absolute atomic E-state index is 0.103. The molecule has 3 rings (SSSR count). The van der Waals surface area contributed by atoms with Gasteiger partial charge >= 0.3 is 0 Å². The quantitative estimate of drug-likeness (QED) is 0.325. The summed E-state index contributed by atoms with van der Waals surface area (Å²) in [6, 6.07) is 11.0. The molecule has 0 aliphatic carbocycles. The molecule has 0 fully saturated rings. The van der Waals surface area contributed by atoms with Crippen molar-refractivity contribution in [2.24, 2.45) is 5.73 Å². The monoisotopic (exact) mass is 518 g/mol. The number of rotatable bonds is 14. The lowest BCUT2D eigenvalue weighted by Crippen LogP contribution is -2.17. The van der Waals surface area contributed by atoms with Gasteiger partial charge in [0.1, 0.15) is 12.4 Å². The van der Waals surface area contributed by atoms with E-state index in [4.69, 9.17) is 19.9 Å². The lowest BCUT2D eigenvalue weighted by Gasteiger charge is -2.10. The van der Waals surface area contributed by atoms with Gasteiger partial charge in [-0.25, -0.2) is 16.8 Å². The molecule has 0 bridgehead atoms. The summed E-state index contributed by atoms with van der Waals surface area (Å²) >= 11 is 0. The normalized spacial score (nSPS) is 11.4. The predicted molar refractivity (Wildman–Crippen MR) is 133 cm³/mol. The van der Waals surface area contributed by atoms with Crippen molar-refractivity contribution in [2.45, 2.75) is 43.6 Å². The van der Waals surface area contributed by atoms with E-state index in [1.54, 1.807) is 30.5 Å². The van der Waals surface area contributed by atoms with Gasteiger partial charge in [0, 0.05) is 18.5 Å². The van der Waals surface area contributed by atoms with Crippen LogP contribution in [0.2, 0.25) is 0 Å². The van der Waals surface area contributed by atoms with Crippen LogP contribution in [0.25, 0.3) is 0 Å². The molecule has 2 aromatic carbocycles. The van der Waals surface area contributed by atoms with Gasteiger partial charge in [-0.2, -0.15) is 0 Å². The Morgan fingerprint density at radius 3 is 2.42 bits per heavy atom. The van der Waals surface area contributed by atoms with Crippen molar-refractivity contribution in [3.63, 3.8) is 0 Å². The molecule has 194 valence electrons. The van der Waals surface area contributed by atoms with Gasteiger partial charge < -0.3 is 19.9 Å². The highest BCUT2D eigenvalue weighted by atomic mass is 32.2. The zero-order valence-corrected chi connectivity index (χ0v) is 21.2. The van der Waals surface area contributed by atoms with Crippen LogP contribution in [0.5, 0.6) is 11.5 Å². The average molecular weight is 519 g/mol. The first-order chi connectivity index (χ1) is 17.2. The topological polar surface area (TPSA) is 110 Å². The second-order valence-corrected chi connectivity index (χ2v) is 10.2. The number of hydrogen-bond acceptors (Lipinski definition) is 6. The zero-order valence-electron chi connectivity index (χ0n) is 20.4. The van der Waals surface area contributed by atoms with Crippen LogP contribution in [0, 0.1) is 5.82 Å². The van der Waals surface area contributed by atoms with E-state index in [2.05, 4.69) is 0 Å². The van der Waals surface area contributed by atoms with Crippen molar-refractivity contribution in [1.82, 2.24) is 3.97 Å². The van der Waals surface area contributed by atoms with Gasteiger partial charge in [0.15, 0.2) is 11.5 Å². The number of aryl methyl sites for hydroxylation is 2. The third-order valence-corrected chi connectivity index (χ3v) is 7.33. The van der Waals surface area contributed by atoms with Crippen LogP contribution < -0.4 is 15.2 Å². The molecule has 1 aromatic heterocycles. The van der Waals surface area contributed by atoms with Crippen molar-refractivity contribution in [2.75, 3.05) is 20.8 Å². The molecule has 0 aliphatic heterocycles. The van der Waals surface area contributed by atoms with Crippen LogP contribution in [0.3, 0.4) is 0 Å². The number of unbranched alkanes of at least 4 members (excludes halogenated alkanes) is 2. The minimum atomic E-state index is -3.76. The molecule has 0 saturated carbocycles. The van der Waals surface area contributed by atoms with E-state index in [9.17, 15) is 17.6 Å². The Morgan fingerprint density at radius 1 is 0.944 bits per heavy atom. The molecule has 2 N–H and O–H groups in total. The largest absolute Gasteiger partial charge is 0.493 e. The molecule has 0 spiro atoms. The number of nitrogens with two attached hydrogens (primary N) is 1. The van der Waals surface area contributed by atoms with Gasteiger partial charge in [-0.1, -0.05) is 18.6 Å². The maximum Gasteiger partial charge on any atom is 0.267 e. The van der Waals surface area contributed by atoms with Gasteiger partial charge in [-0.15, -0.1) is 0 Å². The highest BCUT2D eigenvalue weighted by Crippen LogP contribution is 2.30. The highest BCUT2D eigenvalue weighted by molar-refractivity contribution is 7.90. The lowest BCUT2D eigenvalue weighted by molar-refractivity contribution is -0.122. The Balaban J connectivity index is 1.51. The fraction of sp³-hybridized carbons (Fsp3) is 0.346. The van der Waals surface area contributed by atoms with Gasteiger partial charge in [-0.3, -0.25) is 4.79 Å². The van der Waals surface area contributed by atoms with Gasteiger partial charge in [0.2, 0.25) is 5.91 Å². The number of benzene rings is 2. The summed E-state index contributed by atoms with van der Waals surface area (Å²) < 4.78 is 56.9. The number of hydrogen-bond donors (Lipinski definition) is 1. The Kier molecular flexibility index (Phi) is 9.49. The summed E-state index contributed by atoms with van der Waals surface area (Å²) in [7, 11) is -0.823. The van der Waals surface area contributed by atoms with Crippen molar-refractivity contribution >= 4 is 15.9 Å². The summed E-state index contributed by atoms with van der Waals surface area (Å²) in [6.45, 7) is 0.0173. The molecular formula is C26H31FN2O6S. The minimum Gasteiger partial charge on any atom is -0.493 e. The summed E-state index contributed by atoms with van der Waals surface area (Å²) in [4.78, 5) is 10.9. The van der Waals surface area contributed by atoms with E-state index >= 15 is 0 Å². The second-order valence-electron chi connectivity index (χ2n) is 8.32. The van der Waals surface area contributed by atoms with Crippen molar-refractivity contribution in [3.8, 4) is 11.5 Å². The molecule has 3 aromatic rings. The molecule has 0 aliphatic rings. The fourth-order valence-corrected chi connectivity index (χ4v) is 5.05. The molecule has 0 atom stereocenters. The van der Waals surface area contributed by atoms with Gasteiger partial charge in [0.05, 0.1) is 25.7 Å². The molecule has 0 unspecified atom stereocenters.